The Labute approximate surface area is 80.5 Å². The molecule has 2 rings (SSSR count). The second kappa shape index (κ2) is 2.64. The Morgan fingerprint density at radius 1 is 1.54 bits per heavy atom. The van der Waals surface area contributed by atoms with Crippen molar-refractivity contribution in [1.29, 1.82) is 0 Å². The SMILES string of the molecule is CN1Cc2cc(Cl)c(O)cc2C1=O. The number of carbonyl (C=O) groups is 1. The maximum absolute atomic E-state index is 11.4. The molecule has 0 atom stereocenters. The quantitative estimate of drug-likeness (QED) is 0.687. The Bertz CT molecular complexity index is 389. The van der Waals surface area contributed by atoms with Crippen molar-refractivity contribution in [3.05, 3.63) is 28.3 Å². The third kappa shape index (κ3) is 1.16. The lowest BCUT2D eigenvalue weighted by atomic mass is 10.1. The van der Waals surface area contributed by atoms with Crippen LogP contribution >= 0.6 is 11.6 Å². The molecule has 0 radical (unpaired) electrons. The van der Waals surface area contributed by atoms with E-state index in [0.29, 0.717) is 17.1 Å². The number of aromatic hydroxyl groups is 1. The van der Waals surface area contributed by atoms with E-state index in [-0.39, 0.29) is 11.7 Å². The molecule has 0 unspecified atom stereocenters. The van der Waals surface area contributed by atoms with Gasteiger partial charge in [-0.15, -0.1) is 0 Å². The predicted molar refractivity (Wildman–Crippen MR) is 48.9 cm³/mol. The maximum Gasteiger partial charge on any atom is 0.254 e. The topological polar surface area (TPSA) is 40.5 Å². The van der Waals surface area contributed by atoms with Gasteiger partial charge in [0.15, 0.2) is 0 Å². The summed E-state index contributed by atoms with van der Waals surface area (Å²) in [6.45, 7) is 0.564. The van der Waals surface area contributed by atoms with Gasteiger partial charge in [-0.05, 0) is 17.7 Å². The fourth-order valence-electron chi connectivity index (χ4n) is 1.47. The van der Waals surface area contributed by atoms with Gasteiger partial charge >= 0.3 is 0 Å². The zero-order valence-electron chi connectivity index (χ0n) is 7.04. The Kier molecular flexibility index (Phi) is 1.70. The van der Waals surface area contributed by atoms with Crippen molar-refractivity contribution in [2.45, 2.75) is 6.54 Å². The minimum absolute atomic E-state index is 0.0379. The van der Waals surface area contributed by atoms with Crippen molar-refractivity contribution in [1.82, 2.24) is 4.90 Å². The molecule has 0 aromatic heterocycles. The summed E-state index contributed by atoms with van der Waals surface area (Å²) in [7, 11) is 1.72. The molecule has 1 amide bonds. The van der Waals surface area contributed by atoms with Crippen LogP contribution in [0.5, 0.6) is 5.75 Å². The molecule has 0 spiro atoms. The molecule has 0 bridgehead atoms. The lowest BCUT2D eigenvalue weighted by Gasteiger charge is -2.04. The van der Waals surface area contributed by atoms with E-state index in [0.717, 1.165) is 5.56 Å². The van der Waals surface area contributed by atoms with Crippen molar-refractivity contribution >= 4 is 17.5 Å². The van der Waals surface area contributed by atoms with Crippen LogP contribution in [-0.4, -0.2) is 23.0 Å². The van der Waals surface area contributed by atoms with Crippen molar-refractivity contribution < 1.29 is 9.90 Å². The summed E-state index contributed by atoms with van der Waals surface area (Å²) in [4.78, 5) is 13.0. The monoisotopic (exact) mass is 197 g/mol. The van der Waals surface area contributed by atoms with Crippen LogP contribution in [0.15, 0.2) is 12.1 Å². The van der Waals surface area contributed by atoms with E-state index in [4.69, 9.17) is 11.6 Å². The number of nitrogens with zero attached hydrogens (tertiary/aromatic N) is 1. The highest BCUT2D eigenvalue weighted by atomic mass is 35.5. The third-order valence-electron chi connectivity index (χ3n) is 2.16. The Morgan fingerprint density at radius 3 is 2.92 bits per heavy atom. The van der Waals surface area contributed by atoms with Crippen molar-refractivity contribution in [2.75, 3.05) is 7.05 Å². The largest absolute Gasteiger partial charge is 0.506 e. The normalized spacial score (nSPS) is 14.9. The smallest absolute Gasteiger partial charge is 0.254 e. The number of hydrogen-bond donors (Lipinski definition) is 1. The van der Waals surface area contributed by atoms with Gasteiger partial charge in [0.25, 0.3) is 5.91 Å². The van der Waals surface area contributed by atoms with E-state index in [2.05, 4.69) is 0 Å². The molecule has 1 heterocycles. The molecule has 0 aliphatic carbocycles. The predicted octanol–water partition coefficient (Wildman–Crippen LogP) is 1.63. The molecule has 0 saturated heterocycles. The highest BCUT2D eigenvalue weighted by Crippen LogP contribution is 2.31. The lowest BCUT2D eigenvalue weighted by molar-refractivity contribution is 0.0816. The van der Waals surface area contributed by atoms with Crippen molar-refractivity contribution in [3.8, 4) is 5.75 Å². The minimum atomic E-state index is -0.0676. The molecule has 13 heavy (non-hydrogen) atoms. The average molecular weight is 198 g/mol. The number of phenols is 1. The molecule has 1 aliphatic rings. The fraction of sp³-hybridized carbons (Fsp3) is 0.222. The first-order chi connectivity index (χ1) is 6.09. The first kappa shape index (κ1) is 8.38. The van der Waals surface area contributed by atoms with Gasteiger partial charge in [-0.3, -0.25) is 4.79 Å². The van der Waals surface area contributed by atoms with Gasteiger partial charge < -0.3 is 10.0 Å². The molecule has 1 aromatic carbocycles. The number of hydrogen-bond acceptors (Lipinski definition) is 2. The molecule has 1 aromatic rings. The van der Waals surface area contributed by atoms with E-state index in [1.54, 1.807) is 18.0 Å². The molecular weight excluding hydrogens is 190 g/mol. The third-order valence-corrected chi connectivity index (χ3v) is 2.46. The summed E-state index contributed by atoms with van der Waals surface area (Å²) >= 11 is 5.71. The number of halogens is 1. The molecule has 0 saturated carbocycles. The van der Waals surface area contributed by atoms with Gasteiger partial charge in [-0.25, -0.2) is 0 Å². The molecule has 0 fully saturated rings. The Balaban J connectivity index is 2.59. The van der Waals surface area contributed by atoms with Gasteiger partial charge in [0.1, 0.15) is 5.75 Å². The summed E-state index contributed by atoms with van der Waals surface area (Å²) in [6, 6.07) is 3.05. The number of phenolic OH excluding ortho intramolecular Hbond substituents is 1. The first-order valence-corrected chi connectivity index (χ1v) is 4.24. The van der Waals surface area contributed by atoms with Gasteiger partial charge in [-0.1, -0.05) is 11.6 Å². The molecule has 68 valence electrons. The van der Waals surface area contributed by atoms with Crippen LogP contribution in [-0.2, 0) is 6.54 Å². The second-order valence-corrected chi connectivity index (χ2v) is 3.53. The summed E-state index contributed by atoms with van der Waals surface area (Å²) in [5.41, 5.74) is 1.42. The zero-order valence-corrected chi connectivity index (χ0v) is 7.80. The first-order valence-electron chi connectivity index (χ1n) is 3.86. The summed E-state index contributed by atoms with van der Waals surface area (Å²) in [5.74, 6) is -0.106. The number of carbonyl (C=O) groups excluding carboxylic acids is 1. The summed E-state index contributed by atoms with van der Waals surface area (Å²) < 4.78 is 0. The van der Waals surface area contributed by atoms with E-state index in [9.17, 15) is 9.90 Å². The molecule has 1 N–H and O–H groups in total. The second-order valence-electron chi connectivity index (χ2n) is 3.12. The van der Waals surface area contributed by atoms with Gasteiger partial charge in [0.2, 0.25) is 0 Å². The van der Waals surface area contributed by atoms with Crippen LogP contribution in [0.25, 0.3) is 0 Å². The minimum Gasteiger partial charge on any atom is -0.506 e. The van der Waals surface area contributed by atoms with Gasteiger partial charge in [-0.2, -0.15) is 0 Å². The Morgan fingerprint density at radius 2 is 2.23 bits per heavy atom. The van der Waals surface area contributed by atoms with E-state index in [1.165, 1.54) is 6.07 Å². The number of fused-ring (bicyclic) bond motifs is 1. The van der Waals surface area contributed by atoms with Crippen LogP contribution in [0, 0.1) is 0 Å². The highest BCUT2D eigenvalue weighted by molar-refractivity contribution is 6.32. The standard InChI is InChI=1S/C9H8ClNO2/c1-11-4-5-2-7(10)8(12)3-6(5)9(11)13/h2-3,12H,4H2,1H3. The van der Waals surface area contributed by atoms with Crippen LogP contribution < -0.4 is 0 Å². The van der Waals surface area contributed by atoms with Gasteiger partial charge in [0, 0.05) is 19.2 Å². The molecule has 1 aliphatic heterocycles. The molecular formula is C9H8ClNO2. The van der Waals surface area contributed by atoms with Crippen LogP contribution in [0.2, 0.25) is 5.02 Å². The molecule has 3 nitrogen and oxygen atoms in total. The van der Waals surface area contributed by atoms with Crippen LogP contribution in [0.3, 0.4) is 0 Å². The maximum atomic E-state index is 11.4. The lowest BCUT2D eigenvalue weighted by Crippen LogP contribution is -2.17. The number of rotatable bonds is 0. The fourth-order valence-corrected chi connectivity index (χ4v) is 1.65. The molecule has 4 heteroatoms. The zero-order chi connectivity index (χ0) is 9.59. The van der Waals surface area contributed by atoms with Crippen LogP contribution in [0.4, 0.5) is 0 Å². The summed E-state index contributed by atoms with van der Waals surface area (Å²) in [5, 5.41) is 9.58. The van der Waals surface area contributed by atoms with E-state index < -0.39 is 0 Å². The van der Waals surface area contributed by atoms with Crippen molar-refractivity contribution in [3.63, 3.8) is 0 Å². The number of benzene rings is 1. The summed E-state index contributed by atoms with van der Waals surface area (Å²) in [6.07, 6.45) is 0. The highest BCUT2D eigenvalue weighted by Gasteiger charge is 2.25. The van der Waals surface area contributed by atoms with E-state index in [1.807, 2.05) is 0 Å². The van der Waals surface area contributed by atoms with E-state index >= 15 is 0 Å². The van der Waals surface area contributed by atoms with Crippen molar-refractivity contribution in [2.24, 2.45) is 0 Å². The number of amides is 1. The van der Waals surface area contributed by atoms with Crippen LogP contribution in [0.1, 0.15) is 15.9 Å². The van der Waals surface area contributed by atoms with Gasteiger partial charge in [0.05, 0.1) is 5.02 Å². The average Bonchev–Trinajstić information content (AvgIpc) is 2.32. The Hall–Kier alpha value is -1.22.